The lowest BCUT2D eigenvalue weighted by Crippen LogP contribution is -2.60. The smallest absolute Gasteiger partial charge is 0.204 e. The van der Waals surface area contributed by atoms with E-state index in [2.05, 4.69) is 9.97 Å². The summed E-state index contributed by atoms with van der Waals surface area (Å²) in [6.07, 6.45) is -3.17. The summed E-state index contributed by atoms with van der Waals surface area (Å²) < 4.78 is 13.3. The van der Waals surface area contributed by atoms with Crippen LogP contribution in [0.3, 0.4) is 0 Å². The molecule has 0 bridgehead atoms. The van der Waals surface area contributed by atoms with Crippen LogP contribution in [0.5, 0.6) is 0 Å². The third-order valence-electron chi connectivity index (χ3n) is 5.65. The van der Waals surface area contributed by atoms with Crippen LogP contribution in [0.4, 0.5) is 5.82 Å². The summed E-state index contributed by atoms with van der Waals surface area (Å²) in [5, 5.41) is 52.2. The second kappa shape index (κ2) is 6.59. The van der Waals surface area contributed by atoms with Crippen molar-refractivity contribution in [2.75, 3.05) is 18.9 Å². The van der Waals surface area contributed by atoms with E-state index in [9.17, 15) is 25.5 Å². The van der Waals surface area contributed by atoms with Crippen LogP contribution < -0.4 is 5.73 Å². The minimum atomic E-state index is -1.83. The first kappa shape index (κ1) is 19.5. The molecule has 7 atom stereocenters. The molecule has 2 saturated heterocycles. The number of fused-ring (bicyclic) bond motifs is 1. The Kier molecular flexibility index (Phi) is 4.58. The van der Waals surface area contributed by atoms with Crippen molar-refractivity contribution in [2.24, 2.45) is 0 Å². The van der Waals surface area contributed by atoms with Gasteiger partial charge in [-0.1, -0.05) is 0 Å². The molecule has 0 spiro atoms. The average Bonchev–Trinajstić information content (AvgIpc) is 3.30. The molecule has 0 aliphatic carbocycles. The number of ether oxygens (including phenoxy) is 2. The van der Waals surface area contributed by atoms with E-state index in [1.54, 1.807) is 6.07 Å². The second-order valence-corrected chi connectivity index (χ2v) is 7.59. The summed E-state index contributed by atoms with van der Waals surface area (Å²) in [6.45, 7) is 0.597. The fraction of sp³-hybridized carbons (Fsp3) is 0.647. The first-order valence-corrected chi connectivity index (χ1v) is 8.97. The highest BCUT2D eigenvalue weighted by Crippen LogP contribution is 2.48. The maximum absolute atomic E-state index is 11.0. The predicted molar refractivity (Wildman–Crippen MR) is 94.9 cm³/mol. The maximum atomic E-state index is 11.0. The third kappa shape index (κ3) is 2.55. The van der Waals surface area contributed by atoms with Crippen LogP contribution >= 0.6 is 0 Å². The largest absolute Gasteiger partial charge is 0.394 e. The first-order valence-electron chi connectivity index (χ1n) is 8.97. The number of aliphatic hydroxyl groups excluding tert-OH is 4. The summed E-state index contributed by atoms with van der Waals surface area (Å²) in [6, 6.07) is 1.62. The van der Waals surface area contributed by atoms with Crippen LogP contribution in [0.15, 0.2) is 18.6 Å². The molecule has 0 radical (unpaired) electrons. The van der Waals surface area contributed by atoms with Crippen molar-refractivity contribution in [1.82, 2.24) is 14.5 Å². The van der Waals surface area contributed by atoms with Gasteiger partial charge in [0.2, 0.25) is 5.72 Å². The van der Waals surface area contributed by atoms with Crippen LogP contribution in [0.1, 0.15) is 13.3 Å². The van der Waals surface area contributed by atoms with E-state index in [1.807, 2.05) is 0 Å². The molecule has 0 saturated carbocycles. The first-order chi connectivity index (χ1) is 13.3. The van der Waals surface area contributed by atoms with Crippen LogP contribution in [0.2, 0.25) is 0 Å². The van der Waals surface area contributed by atoms with Gasteiger partial charge in [-0.2, -0.15) is 0 Å². The molecule has 0 aromatic carbocycles. The second-order valence-electron chi connectivity index (χ2n) is 7.59. The normalized spacial score (nSPS) is 41.1. The SMILES string of the molecule is C[C@]1(O)C[C@@H](CO)O[C@H]1C1(n2ccc3c(N)ncnc32)O[C@H](CO)[C@@H](O)[C@@H]1O. The average molecular weight is 396 g/mol. The van der Waals surface area contributed by atoms with Crippen molar-refractivity contribution in [1.29, 1.82) is 0 Å². The summed E-state index contributed by atoms with van der Waals surface area (Å²) in [7, 11) is 0. The fourth-order valence-corrected chi connectivity index (χ4v) is 4.38. The lowest BCUT2D eigenvalue weighted by atomic mass is 9.85. The highest BCUT2D eigenvalue weighted by atomic mass is 16.6. The number of anilines is 1. The van der Waals surface area contributed by atoms with E-state index in [0.717, 1.165) is 0 Å². The number of nitrogen functional groups attached to an aromatic ring is 1. The van der Waals surface area contributed by atoms with Crippen molar-refractivity contribution >= 4 is 16.9 Å². The molecule has 11 heteroatoms. The molecule has 0 amide bonds. The summed E-state index contributed by atoms with van der Waals surface area (Å²) >= 11 is 0. The Hall–Kier alpha value is -1.86. The molecule has 7 N–H and O–H groups in total. The van der Waals surface area contributed by atoms with Gasteiger partial charge in [0.15, 0.2) is 0 Å². The van der Waals surface area contributed by atoms with Crippen molar-refractivity contribution in [3.05, 3.63) is 18.6 Å². The number of nitrogens with zero attached hydrogens (tertiary/aromatic N) is 3. The lowest BCUT2D eigenvalue weighted by Gasteiger charge is -2.42. The van der Waals surface area contributed by atoms with Gasteiger partial charge in [-0.25, -0.2) is 9.97 Å². The Bertz CT molecular complexity index is 874. The molecule has 2 aromatic heterocycles. The minimum absolute atomic E-state index is 0.0855. The van der Waals surface area contributed by atoms with Crippen LogP contribution in [0, 0.1) is 0 Å². The quantitative estimate of drug-likeness (QED) is 0.329. The lowest BCUT2D eigenvalue weighted by molar-refractivity contribution is -0.245. The zero-order chi connectivity index (χ0) is 20.3. The number of hydrogen-bond acceptors (Lipinski definition) is 10. The number of nitrogens with two attached hydrogens (primary N) is 1. The molecule has 2 fully saturated rings. The van der Waals surface area contributed by atoms with Crippen molar-refractivity contribution in [3.63, 3.8) is 0 Å². The van der Waals surface area contributed by atoms with Gasteiger partial charge < -0.3 is 40.7 Å². The molecular weight excluding hydrogens is 372 g/mol. The van der Waals surface area contributed by atoms with Crippen LogP contribution in [-0.2, 0) is 15.2 Å². The number of rotatable bonds is 4. The fourth-order valence-electron chi connectivity index (χ4n) is 4.38. The Morgan fingerprint density at radius 1 is 1.29 bits per heavy atom. The monoisotopic (exact) mass is 396 g/mol. The molecular formula is C17H24N4O7. The van der Waals surface area contributed by atoms with Crippen LogP contribution in [-0.4, -0.2) is 89.4 Å². The predicted octanol–water partition coefficient (Wildman–Crippen LogP) is -2.32. The molecule has 2 aliphatic heterocycles. The van der Waals surface area contributed by atoms with Gasteiger partial charge in [-0.3, -0.25) is 4.57 Å². The van der Waals surface area contributed by atoms with Gasteiger partial charge in [0.25, 0.3) is 0 Å². The molecule has 28 heavy (non-hydrogen) atoms. The van der Waals surface area contributed by atoms with Gasteiger partial charge in [0.1, 0.15) is 42.2 Å². The Balaban J connectivity index is 1.94. The Labute approximate surface area is 160 Å². The topological polar surface area (TPSA) is 176 Å². The van der Waals surface area contributed by atoms with Crippen molar-refractivity contribution in [2.45, 2.75) is 55.2 Å². The number of aliphatic hydroxyl groups is 5. The van der Waals surface area contributed by atoms with Crippen LogP contribution in [0.25, 0.3) is 11.0 Å². The third-order valence-corrected chi connectivity index (χ3v) is 5.65. The highest BCUT2D eigenvalue weighted by molar-refractivity contribution is 5.86. The van der Waals surface area contributed by atoms with Gasteiger partial charge in [0, 0.05) is 12.6 Å². The molecule has 1 unspecified atom stereocenters. The van der Waals surface area contributed by atoms with E-state index >= 15 is 0 Å². The zero-order valence-corrected chi connectivity index (χ0v) is 15.2. The van der Waals surface area contributed by atoms with Crippen molar-refractivity contribution in [3.8, 4) is 0 Å². The minimum Gasteiger partial charge on any atom is -0.394 e. The van der Waals surface area contributed by atoms with E-state index in [-0.39, 0.29) is 18.8 Å². The van der Waals surface area contributed by atoms with E-state index in [0.29, 0.717) is 11.0 Å². The Morgan fingerprint density at radius 2 is 2.04 bits per heavy atom. The zero-order valence-electron chi connectivity index (χ0n) is 15.2. The maximum Gasteiger partial charge on any atom is 0.204 e. The van der Waals surface area contributed by atoms with E-state index in [1.165, 1.54) is 24.0 Å². The van der Waals surface area contributed by atoms with Crippen molar-refractivity contribution < 1.29 is 35.0 Å². The van der Waals surface area contributed by atoms with Gasteiger partial charge in [-0.05, 0) is 13.0 Å². The standard InChI is InChI=1S/C17H24N4O7/c1-16(26)4-8(5-22)27-15(16)17(12(25)11(24)10(6-23)28-17)21-3-2-9-13(18)19-7-20-14(9)21/h2-3,7-8,10-12,15,22-26H,4-6H2,1H3,(H2,18,19,20)/t8-,10+,11+,12-,15+,16-,17?/m0/s1. The molecule has 4 heterocycles. The van der Waals surface area contributed by atoms with Gasteiger partial charge in [0.05, 0.1) is 30.3 Å². The van der Waals surface area contributed by atoms with Gasteiger partial charge in [-0.15, -0.1) is 0 Å². The number of aromatic nitrogens is 3. The van der Waals surface area contributed by atoms with Gasteiger partial charge >= 0.3 is 0 Å². The molecule has 2 aliphatic rings. The number of hydrogen-bond donors (Lipinski definition) is 6. The molecule has 11 nitrogen and oxygen atoms in total. The Morgan fingerprint density at radius 3 is 2.64 bits per heavy atom. The molecule has 4 rings (SSSR count). The summed E-state index contributed by atoms with van der Waals surface area (Å²) in [5.41, 5.74) is 2.85. The summed E-state index contributed by atoms with van der Waals surface area (Å²) in [5.74, 6) is 0.206. The summed E-state index contributed by atoms with van der Waals surface area (Å²) in [4.78, 5) is 8.14. The molecule has 154 valence electrons. The molecule has 2 aromatic rings. The highest BCUT2D eigenvalue weighted by Gasteiger charge is 2.66. The van der Waals surface area contributed by atoms with E-state index < -0.39 is 48.5 Å². The van der Waals surface area contributed by atoms with E-state index in [4.69, 9.17) is 15.2 Å².